The second-order valence-electron chi connectivity index (χ2n) is 2.72. The lowest BCUT2D eigenvalue weighted by molar-refractivity contribution is 0.0601. The first kappa shape index (κ1) is 12.3. The number of ether oxygens (including phenoxy) is 1. The second-order valence-corrected chi connectivity index (χ2v) is 3.54. The fourth-order valence-corrected chi connectivity index (χ4v) is 1.70. The second kappa shape index (κ2) is 4.85. The molecule has 1 rings (SSSR count). The first-order valence-electron chi connectivity index (χ1n) is 3.90. The highest BCUT2D eigenvalue weighted by Crippen LogP contribution is 2.24. The molecule has 0 heterocycles. The minimum Gasteiger partial charge on any atom is -0.465 e. The maximum absolute atomic E-state index is 11.2. The van der Waals surface area contributed by atoms with E-state index in [4.69, 9.17) is 33.2 Å². The van der Waals surface area contributed by atoms with Crippen LogP contribution in [-0.2, 0) is 4.74 Å². The molecule has 0 atom stereocenters. The molecule has 0 aliphatic rings. The van der Waals surface area contributed by atoms with Gasteiger partial charge < -0.3 is 14.8 Å². The molecular weight excluding hydrogens is 242 g/mol. The minimum atomic E-state index is -1.69. The molecule has 0 aliphatic carbocycles. The van der Waals surface area contributed by atoms with E-state index in [0.29, 0.717) is 0 Å². The lowest BCUT2D eigenvalue weighted by atomic mass is 9.80. The summed E-state index contributed by atoms with van der Waals surface area (Å²) in [5.74, 6) is -0.677. The Hall–Kier alpha value is -0.745. The van der Waals surface area contributed by atoms with Crippen molar-refractivity contribution in [3.63, 3.8) is 0 Å². The summed E-state index contributed by atoms with van der Waals surface area (Å²) in [6.07, 6.45) is 0. The van der Waals surface area contributed by atoms with Crippen molar-refractivity contribution >= 4 is 41.8 Å². The maximum atomic E-state index is 11.2. The highest BCUT2D eigenvalue weighted by molar-refractivity contribution is 6.59. The van der Waals surface area contributed by atoms with Gasteiger partial charge in [-0.1, -0.05) is 23.2 Å². The van der Waals surface area contributed by atoms with E-state index in [9.17, 15) is 4.79 Å². The van der Waals surface area contributed by atoms with Crippen LogP contribution in [0.25, 0.3) is 0 Å². The van der Waals surface area contributed by atoms with Crippen LogP contribution in [0.4, 0.5) is 0 Å². The van der Waals surface area contributed by atoms with E-state index < -0.39 is 13.1 Å². The van der Waals surface area contributed by atoms with Gasteiger partial charge in [0.1, 0.15) is 0 Å². The molecule has 1 aromatic rings. The highest BCUT2D eigenvalue weighted by Gasteiger charge is 2.20. The number of methoxy groups -OCH3 is 1. The normalized spacial score (nSPS) is 9.93. The zero-order valence-electron chi connectivity index (χ0n) is 7.70. The van der Waals surface area contributed by atoms with Gasteiger partial charge in [0.05, 0.1) is 22.7 Å². The quantitative estimate of drug-likeness (QED) is 0.590. The molecule has 0 radical (unpaired) electrons. The molecule has 0 unspecified atom stereocenters. The molecule has 0 amide bonds. The molecule has 80 valence electrons. The molecule has 4 nitrogen and oxygen atoms in total. The Labute approximate surface area is 96.5 Å². The molecule has 0 aliphatic heterocycles. The van der Waals surface area contributed by atoms with Gasteiger partial charge in [-0.25, -0.2) is 4.79 Å². The Balaban J connectivity index is 3.27. The van der Waals surface area contributed by atoms with Gasteiger partial charge in [0, 0.05) is 0 Å². The van der Waals surface area contributed by atoms with Crippen LogP contribution in [0.5, 0.6) is 0 Å². The number of esters is 1. The Morgan fingerprint density at radius 1 is 1.33 bits per heavy atom. The van der Waals surface area contributed by atoms with Gasteiger partial charge in [-0.3, -0.25) is 0 Å². The summed E-state index contributed by atoms with van der Waals surface area (Å²) in [6.45, 7) is 0. The zero-order valence-corrected chi connectivity index (χ0v) is 9.21. The summed E-state index contributed by atoms with van der Waals surface area (Å²) in [5.41, 5.74) is 0.114. The van der Waals surface area contributed by atoms with E-state index in [1.165, 1.54) is 19.2 Å². The first-order chi connectivity index (χ1) is 6.97. The van der Waals surface area contributed by atoms with Crippen LogP contribution >= 0.6 is 23.2 Å². The Morgan fingerprint density at radius 3 is 2.13 bits per heavy atom. The summed E-state index contributed by atoms with van der Waals surface area (Å²) >= 11 is 11.5. The van der Waals surface area contributed by atoms with Crippen LogP contribution in [0, 0.1) is 0 Å². The summed E-state index contributed by atoms with van der Waals surface area (Å²) < 4.78 is 4.47. The van der Waals surface area contributed by atoms with Crippen molar-refractivity contribution < 1.29 is 19.6 Å². The first-order valence-corrected chi connectivity index (χ1v) is 4.66. The van der Waals surface area contributed by atoms with Crippen molar-refractivity contribution in [3.8, 4) is 0 Å². The highest BCUT2D eigenvalue weighted by atomic mass is 35.5. The Bertz CT molecular complexity index is 371. The summed E-state index contributed by atoms with van der Waals surface area (Å²) in [5, 5.41) is 17.8. The van der Waals surface area contributed by atoms with Crippen LogP contribution in [-0.4, -0.2) is 30.2 Å². The van der Waals surface area contributed by atoms with Crippen molar-refractivity contribution in [2.45, 2.75) is 0 Å². The minimum absolute atomic E-state index is 0.00485. The molecule has 2 N–H and O–H groups in total. The van der Waals surface area contributed by atoms with Gasteiger partial charge in [0.2, 0.25) is 0 Å². The molecular formula is C8H7BCl2O4. The Kier molecular flexibility index (Phi) is 3.99. The summed E-state index contributed by atoms with van der Waals surface area (Å²) in [7, 11) is -0.490. The largest absolute Gasteiger partial charge is 0.488 e. The number of hydrogen-bond donors (Lipinski definition) is 2. The van der Waals surface area contributed by atoms with E-state index in [1.54, 1.807) is 0 Å². The number of hydrogen-bond acceptors (Lipinski definition) is 4. The SMILES string of the molecule is COC(=O)c1c(Cl)cc(B(O)O)cc1Cl. The van der Waals surface area contributed by atoms with E-state index in [0.717, 1.165) is 0 Å². The molecule has 0 aromatic heterocycles. The fraction of sp³-hybridized carbons (Fsp3) is 0.125. The third kappa shape index (κ3) is 2.63. The van der Waals surface area contributed by atoms with Crippen LogP contribution < -0.4 is 5.46 Å². The van der Waals surface area contributed by atoms with Crippen LogP contribution in [0.15, 0.2) is 12.1 Å². The average Bonchev–Trinajstić information content (AvgIpc) is 2.16. The molecule has 0 fully saturated rings. The lowest BCUT2D eigenvalue weighted by Gasteiger charge is -2.07. The standard InChI is InChI=1S/C8H7BCl2O4/c1-15-8(12)7-5(10)2-4(9(13)14)3-6(7)11/h2-3,13-14H,1H3. The van der Waals surface area contributed by atoms with Gasteiger partial charge in [-0.05, 0) is 17.6 Å². The zero-order chi connectivity index (χ0) is 11.6. The predicted molar refractivity (Wildman–Crippen MR) is 57.6 cm³/mol. The number of rotatable bonds is 2. The number of carbonyl (C=O) groups is 1. The predicted octanol–water partition coefficient (Wildman–Crippen LogP) is 0.460. The van der Waals surface area contributed by atoms with Gasteiger partial charge in [-0.2, -0.15) is 0 Å². The van der Waals surface area contributed by atoms with E-state index in [1.807, 2.05) is 0 Å². The van der Waals surface area contributed by atoms with Gasteiger partial charge in [-0.15, -0.1) is 0 Å². The molecule has 0 spiro atoms. The molecule has 0 saturated carbocycles. The summed E-state index contributed by atoms with van der Waals surface area (Å²) in [6, 6.07) is 2.48. The van der Waals surface area contributed by atoms with Gasteiger partial charge in [0.25, 0.3) is 0 Å². The molecule has 0 bridgehead atoms. The Morgan fingerprint density at radius 2 is 1.80 bits per heavy atom. The third-order valence-electron chi connectivity index (χ3n) is 1.75. The smallest absolute Gasteiger partial charge is 0.465 e. The maximum Gasteiger partial charge on any atom is 0.488 e. The summed E-state index contributed by atoms with van der Waals surface area (Å²) in [4.78, 5) is 11.2. The van der Waals surface area contributed by atoms with Gasteiger partial charge in [0.15, 0.2) is 0 Å². The molecule has 15 heavy (non-hydrogen) atoms. The topological polar surface area (TPSA) is 66.8 Å². The third-order valence-corrected chi connectivity index (χ3v) is 2.35. The van der Waals surface area contributed by atoms with Crippen LogP contribution in [0.2, 0.25) is 10.0 Å². The van der Waals surface area contributed by atoms with Crippen molar-refractivity contribution in [2.24, 2.45) is 0 Å². The van der Waals surface area contributed by atoms with Crippen LogP contribution in [0.1, 0.15) is 10.4 Å². The molecule has 1 aromatic carbocycles. The van der Waals surface area contributed by atoms with E-state index in [-0.39, 0.29) is 21.1 Å². The number of benzene rings is 1. The van der Waals surface area contributed by atoms with Crippen LogP contribution in [0.3, 0.4) is 0 Å². The van der Waals surface area contributed by atoms with Gasteiger partial charge >= 0.3 is 13.1 Å². The number of carbonyl (C=O) groups excluding carboxylic acids is 1. The van der Waals surface area contributed by atoms with Crippen molar-refractivity contribution in [2.75, 3.05) is 7.11 Å². The molecule has 0 saturated heterocycles. The monoisotopic (exact) mass is 248 g/mol. The fourth-order valence-electron chi connectivity index (χ4n) is 1.04. The number of halogens is 2. The van der Waals surface area contributed by atoms with E-state index >= 15 is 0 Å². The lowest BCUT2D eigenvalue weighted by Crippen LogP contribution is -2.30. The van der Waals surface area contributed by atoms with Crippen molar-refractivity contribution in [3.05, 3.63) is 27.7 Å². The average molecular weight is 249 g/mol. The molecule has 7 heteroatoms. The van der Waals surface area contributed by atoms with Crippen molar-refractivity contribution in [1.82, 2.24) is 0 Å². The van der Waals surface area contributed by atoms with Crippen molar-refractivity contribution in [1.29, 1.82) is 0 Å². The van der Waals surface area contributed by atoms with E-state index in [2.05, 4.69) is 4.74 Å².